The van der Waals surface area contributed by atoms with E-state index in [0.717, 1.165) is 10.6 Å². The maximum atomic E-state index is 11.8. The van der Waals surface area contributed by atoms with Crippen LogP contribution in [0.15, 0.2) is 35.8 Å². The summed E-state index contributed by atoms with van der Waals surface area (Å²) in [5, 5.41) is 18.2. The van der Waals surface area contributed by atoms with Gasteiger partial charge in [-0.05, 0) is 29.7 Å². The molecule has 118 valence electrons. The number of aliphatic hydroxyl groups is 1. The van der Waals surface area contributed by atoms with Crippen LogP contribution in [0.2, 0.25) is 0 Å². The molecule has 1 atom stereocenters. The van der Waals surface area contributed by atoms with Crippen molar-refractivity contribution in [3.8, 4) is 10.6 Å². The summed E-state index contributed by atoms with van der Waals surface area (Å²) in [5.74, 6) is 0. The second kappa shape index (κ2) is 6.89. The van der Waals surface area contributed by atoms with Gasteiger partial charge in [-0.1, -0.05) is 20.8 Å². The molecule has 0 fully saturated rings. The summed E-state index contributed by atoms with van der Waals surface area (Å²) in [6.07, 6.45) is 1.17. The number of carbonyl (C=O) groups is 1. The maximum Gasteiger partial charge on any atom is 0.319 e. The van der Waals surface area contributed by atoms with Gasteiger partial charge in [0, 0.05) is 29.4 Å². The van der Waals surface area contributed by atoms with Crippen molar-refractivity contribution in [2.24, 2.45) is 5.41 Å². The molecule has 2 aromatic rings. The summed E-state index contributed by atoms with van der Waals surface area (Å²) in [5.41, 5.74) is 1.45. The van der Waals surface area contributed by atoms with E-state index >= 15 is 0 Å². The third-order valence-electron chi connectivity index (χ3n) is 3.28. The van der Waals surface area contributed by atoms with Crippen molar-refractivity contribution in [3.63, 3.8) is 0 Å². The largest absolute Gasteiger partial charge is 0.391 e. The zero-order chi connectivity index (χ0) is 16.2. The van der Waals surface area contributed by atoms with Gasteiger partial charge in [-0.2, -0.15) is 0 Å². The predicted molar refractivity (Wildman–Crippen MR) is 90.0 cm³/mol. The number of thiazole rings is 1. The highest BCUT2D eigenvalue weighted by atomic mass is 32.1. The predicted octanol–water partition coefficient (Wildman–Crippen LogP) is 3.34. The number of rotatable bonds is 4. The summed E-state index contributed by atoms with van der Waals surface area (Å²) in [6, 6.07) is 7.16. The number of hydrogen-bond acceptors (Lipinski definition) is 4. The molecule has 2 amide bonds. The zero-order valence-corrected chi connectivity index (χ0v) is 13.8. The minimum atomic E-state index is -0.592. The van der Waals surface area contributed by atoms with Crippen molar-refractivity contribution in [2.45, 2.75) is 26.9 Å². The second-order valence-corrected chi connectivity index (χ2v) is 7.03. The number of anilines is 1. The summed E-state index contributed by atoms with van der Waals surface area (Å²) < 4.78 is 0. The summed E-state index contributed by atoms with van der Waals surface area (Å²) in [6.45, 7) is 5.99. The van der Waals surface area contributed by atoms with E-state index in [1.54, 1.807) is 17.5 Å². The molecule has 0 spiro atoms. The monoisotopic (exact) mass is 319 g/mol. The lowest BCUT2D eigenvalue weighted by Crippen LogP contribution is -2.40. The van der Waals surface area contributed by atoms with E-state index in [1.807, 2.05) is 50.4 Å². The number of benzene rings is 1. The standard InChI is InChI=1S/C16H21N3O2S/c1-16(2,3)13(20)10-18-15(21)19-12-6-4-11(5-7-12)14-17-8-9-22-14/h4-9,13,20H,10H2,1-3H3,(H2,18,19,21). The lowest BCUT2D eigenvalue weighted by molar-refractivity contribution is 0.0654. The topological polar surface area (TPSA) is 74.2 Å². The van der Waals surface area contributed by atoms with E-state index in [-0.39, 0.29) is 18.0 Å². The second-order valence-electron chi connectivity index (χ2n) is 6.13. The molecule has 2 rings (SSSR count). The van der Waals surface area contributed by atoms with Crippen LogP contribution in [-0.4, -0.2) is 28.8 Å². The lowest BCUT2D eigenvalue weighted by atomic mass is 9.89. The third kappa shape index (κ3) is 4.54. The minimum absolute atomic E-state index is 0.215. The van der Waals surface area contributed by atoms with Gasteiger partial charge in [-0.25, -0.2) is 9.78 Å². The molecule has 1 unspecified atom stereocenters. The van der Waals surface area contributed by atoms with Crippen LogP contribution in [0.4, 0.5) is 10.5 Å². The molecular formula is C16H21N3O2S. The molecule has 0 radical (unpaired) electrons. The van der Waals surface area contributed by atoms with Crippen LogP contribution in [-0.2, 0) is 0 Å². The number of nitrogens with zero attached hydrogens (tertiary/aromatic N) is 1. The average Bonchev–Trinajstić information content (AvgIpc) is 2.98. The Morgan fingerprint density at radius 1 is 1.32 bits per heavy atom. The van der Waals surface area contributed by atoms with E-state index < -0.39 is 6.10 Å². The van der Waals surface area contributed by atoms with Crippen molar-refractivity contribution in [2.75, 3.05) is 11.9 Å². The van der Waals surface area contributed by atoms with Gasteiger partial charge >= 0.3 is 6.03 Å². The molecule has 0 saturated heterocycles. The van der Waals surface area contributed by atoms with Crippen molar-refractivity contribution in [1.29, 1.82) is 0 Å². The molecule has 0 aliphatic carbocycles. The highest BCUT2D eigenvalue weighted by Crippen LogP contribution is 2.23. The van der Waals surface area contributed by atoms with Gasteiger partial charge in [0.1, 0.15) is 5.01 Å². The molecule has 1 heterocycles. The van der Waals surface area contributed by atoms with E-state index in [2.05, 4.69) is 15.6 Å². The Bertz CT molecular complexity index is 603. The van der Waals surface area contributed by atoms with Crippen LogP contribution in [0, 0.1) is 5.41 Å². The Labute approximate surface area is 134 Å². The zero-order valence-electron chi connectivity index (χ0n) is 13.0. The van der Waals surface area contributed by atoms with Crippen molar-refractivity contribution < 1.29 is 9.90 Å². The Morgan fingerprint density at radius 2 is 2.00 bits per heavy atom. The molecule has 22 heavy (non-hydrogen) atoms. The fourth-order valence-corrected chi connectivity index (χ4v) is 2.38. The van der Waals surface area contributed by atoms with Crippen molar-refractivity contribution >= 4 is 23.1 Å². The Kier molecular flexibility index (Phi) is 5.15. The van der Waals surface area contributed by atoms with Gasteiger partial charge in [-0.3, -0.25) is 0 Å². The number of carbonyl (C=O) groups excluding carboxylic acids is 1. The fraction of sp³-hybridized carbons (Fsp3) is 0.375. The Hall–Kier alpha value is -1.92. The number of urea groups is 1. The number of amides is 2. The smallest absolute Gasteiger partial charge is 0.319 e. The highest BCUT2D eigenvalue weighted by Gasteiger charge is 2.22. The number of hydrogen-bond donors (Lipinski definition) is 3. The first-order valence-corrected chi connectivity index (χ1v) is 7.97. The molecule has 0 saturated carbocycles. The molecule has 0 bridgehead atoms. The minimum Gasteiger partial charge on any atom is -0.391 e. The van der Waals surface area contributed by atoms with Gasteiger partial charge < -0.3 is 15.7 Å². The van der Waals surface area contributed by atoms with Gasteiger partial charge in [0.25, 0.3) is 0 Å². The van der Waals surface area contributed by atoms with Crippen molar-refractivity contribution in [3.05, 3.63) is 35.8 Å². The number of aromatic nitrogens is 1. The summed E-state index contributed by atoms with van der Waals surface area (Å²) in [7, 11) is 0. The highest BCUT2D eigenvalue weighted by molar-refractivity contribution is 7.13. The molecular weight excluding hydrogens is 298 g/mol. The SMILES string of the molecule is CC(C)(C)C(O)CNC(=O)Nc1ccc(-c2nccs2)cc1. The fourth-order valence-electron chi connectivity index (χ4n) is 1.73. The van der Waals surface area contributed by atoms with Crippen molar-refractivity contribution in [1.82, 2.24) is 10.3 Å². The Morgan fingerprint density at radius 3 is 2.55 bits per heavy atom. The van der Waals surface area contributed by atoms with E-state index in [9.17, 15) is 9.90 Å². The molecule has 0 aliphatic rings. The molecule has 6 heteroatoms. The van der Waals surface area contributed by atoms with E-state index in [0.29, 0.717) is 5.69 Å². The van der Waals surface area contributed by atoms with Gasteiger partial charge in [0.05, 0.1) is 6.10 Å². The quantitative estimate of drug-likeness (QED) is 0.809. The first-order chi connectivity index (χ1) is 10.4. The molecule has 1 aromatic carbocycles. The van der Waals surface area contributed by atoms with Crippen LogP contribution in [0.3, 0.4) is 0 Å². The first kappa shape index (κ1) is 16.5. The van der Waals surface area contributed by atoms with E-state index in [4.69, 9.17) is 0 Å². The van der Waals surface area contributed by atoms with Crippen LogP contribution >= 0.6 is 11.3 Å². The Balaban J connectivity index is 1.87. The molecule has 5 nitrogen and oxygen atoms in total. The lowest BCUT2D eigenvalue weighted by Gasteiger charge is -2.25. The first-order valence-electron chi connectivity index (χ1n) is 7.09. The van der Waals surface area contributed by atoms with Crippen LogP contribution in [0.25, 0.3) is 10.6 Å². The number of nitrogens with one attached hydrogen (secondary N) is 2. The van der Waals surface area contributed by atoms with Crippen LogP contribution in [0.5, 0.6) is 0 Å². The molecule has 3 N–H and O–H groups in total. The van der Waals surface area contributed by atoms with E-state index in [1.165, 1.54) is 0 Å². The van der Waals surface area contributed by atoms with Gasteiger partial charge in [0.2, 0.25) is 0 Å². The molecule has 1 aromatic heterocycles. The van der Waals surface area contributed by atoms with Gasteiger partial charge in [-0.15, -0.1) is 11.3 Å². The number of aliphatic hydroxyl groups excluding tert-OH is 1. The molecule has 0 aliphatic heterocycles. The summed E-state index contributed by atoms with van der Waals surface area (Å²) in [4.78, 5) is 16.1. The van der Waals surface area contributed by atoms with Crippen LogP contribution < -0.4 is 10.6 Å². The maximum absolute atomic E-state index is 11.8. The summed E-state index contributed by atoms with van der Waals surface area (Å²) >= 11 is 1.57. The average molecular weight is 319 g/mol. The van der Waals surface area contributed by atoms with Crippen LogP contribution in [0.1, 0.15) is 20.8 Å². The normalized spacial score (nSPS) is 12.7. The van der Waals surface area contributed by atoms with Gasteiger partial charge in [0.15, 0.2) is 0 Å². The third-order valence-corrected chi connectivity index (χ3v) is 4.10.